The summed E-state index contributed by atoms with van der Waals surface area (Å²) in [5.74, 6) is 1.65. The van der Waals surface area contributed by atoms with Crippen LogP contribution in [0.4, 0.5) is 0 Å². The van der Waals surface area contributed by atoms with Crippen molar-refractivity contribution in [3.05, 3.63) is 24.3 Å². The number of aliphatic hydroxyl groups is 1. The third kappa shape index (κ3) is 1.63. The molecule has 1 aliphatic carbocycles. The summed E-state index contributed by atoms with van der Waals surface area (Å²) in [7, 11) is 0. The molecule has 0 aromatic heterocycles. The van der Waals surface area contributed by atoms with Crippen LogP contribution in [0.3, 0.4) is 0 Å². The second-order valence-electron chi connectivity index (χ2n) is 5.69. The van der Waals surface area contributed by atoms with E-state index in [0.717, 1.165) is 30.2 Å². The summed E-state index contributed by atoms with van der Waals surface area (Å²) in [4.78, 5) is 0. The van der Waals surface area contributed by atoms with Crippen molar-refractivity contribution >= 4 is 0 Å². The summed E-state index contributed by atoms with van der Waals surface area (Å²) in [6.45, 7) is 4.02. The standard InChI is InChI=1S/C14H21NO2/c1-10-14(8-11-5-3-2-4-6-11)13(17-10)7-12(9-16)15-14/h9,11,13,15-16H,1-8H2/b12-9+/t13-,14-/m0/s1. The van der Waals surface area contributed by atoms with Crippen LogP contribution in [0.1, 0.15) is 44.9 Å². The fraction of sp³-hybridized carbons (Fsp3) is 0.714. The van der Waals surface area contributed by atoms with Crippen molar-refractivity contribution in [3.63, 3.8) is 0 Å². The number of fused-ring (bicyclic) bond motifs is 1. The monoisotopic (exact) mass is 235 g/mol. The Bertz CT molecular complexity index is 357. The minimum Gasteiger partial charge on any atom is -0.514 e. The molecule has 0 unspecified atom stereocenters. The third-order valence-electron chi connectivity index (χ3n) is 4.61. The Hall–Kier alpha value is -1.12. The summed E-state index contributed by atoms with van der Waals surface area (Å²) in [6.07, 6.45) is 10.1. The van der Waals surface area contributed by atoms with Gasteiger partial charge in [0.25, 0.3) is 0 Å². The van der Waals surface area contributed by atoms with Crippen LogP contribution in [-0.4, -0.2) is 16.7 Å². The topological polar surface area (TPSA) is 41.5 Å². The molecule has 1 saturated carbocycles. The highest BCUT2D eigenvalue weighted by Crippen LogP contribution is 2.49. The SMILES string of the molecule is C=C1O[C@H]2C/C(=C\O)N[C@@]12CC1CCCCC1. The first-order chi connectivity index (χ1) is 8.24. The lowest BCUT2D eigenvalue weighted by molar-refractivity contribution is -0.0651. The molecule has 0 amide bonds. The van der Waals surface area contributed by atoms with Gasteiger partial charge in [-0.15, -0.1) is 0 Å². The van der Waals surface area contributed by atoms with Crippen LogP contribution < -0.4 is 5.32 Å². The van der Waals surface area contributed by atoms with E-state index in [1.807, 2.05) is 0 Å². The van der Waals surface area contributed by atoms with Gasteiger partial charge in [0.1, 0.15) is 17.4 Å². The molecule has 3 aliphatic rings. The van der Waals surface area contributed by atoms with Gasteiger partial charge in [0.05, 0.1) is 12.0 Å². The summed E-state index contributed by atoms with van der Waals surface area (Å²) >= 11 is 0. The van der Waals surface area contributed by atoms with Gasteiger partial charge < -0.3 is 15.2 Å². The van der Waals surface area contributed by atoms with Gasteiger partial charge in [-0.25, -0.2) is 0 Å². The predicted molar refractivity (Wildman–Crippen MR) is 66.4 cm³/mol. The number of aliphatic hydroxyl groups excluding tert-OH is 1. The molecule has 0 aromatic rings. The maximum absolute atomic E-state index is 9.13. The van der Waals surface area contributed by atoms with Crippen molar-refractivity contribution in [3.8, 4) is 0 Å². The predicted octanol–water partition coefficient (Wildman–Crippen LogP) is 3.00. The molecule has 17 heavy (non-hydrogen) atoms. The first-order valence-corrected chi connectivity index (χ1v) is 6.72. The second kappa shape index (κ2) is 3.97. The van der Waals surface area contributed by atoms with Crippen LogP contribution in [0, 0.1) is 5.92 Å². The Kier molecular flexibility index (Phi) is 2.57. The van der Waals surface area contributed by atoms with Gasteiger partial charge in [0.2, 0.25) is 0 Å². The second-order valence-corrected chi connectivity index (χ2v) is 5.69. The van der Waals surface area contributed by atoms with Crippen molar-refractivity contribution < 1.29 is 9.84 Å². The van der Waals surface area contributed by atoms with Crippen LogP contribution in [-0.2, 0) is 4.74 Å². The van der Waals surface area contributed by atoms with E-state index in [1.165, 1.54) is 38.4 Å². The van der Waals surface area contributed by atoms with Crippen molar-refractivity contribution in [1.29, 1.82) is 0 Å². The fourth-order valence-corrected chi connectivity index (χ4v) is 3.63. The number of rotatable bonds is 2. The molecule has 0 radical (unpaired) electrons. The average molecular weight is 235 g/mol. The van der Waals surface area contributed by atoms with Gasteiger partial charge in [-0.3, -0.25) is 0 Å². The van der Waals surface area contributed by atoms with E-state index in [4.69, 9.17) is 9.84 Å². The molecule has 0 spiro atoms. The smallest absolute Gasteiger partial charge is 0.134 e. The quantitative estimate of drug-likeness (QED) is 0.723. The number of nitrogens with one attached hydrogen (secondary N) is 1. The van der Waals surface area contributed by atoms with E-state index in [-0.39, 0.29) is 11.6 Å². The molecule has 3 fully saturated rings. The van der Waals surface area contributed by atoms with Crippen LogP contribution in [0.25, 0.3) is 0 Å². The fourth-order valence-electron chi connectivity index (χ4n) is 3.63. The summed E-state index contributed by atoms with van der Waals surface area (Å²) in [5.41, 5.74) is 0.820. The zero-order chi connectivity index (χ0) is 11.9. The summed E-state index contributed by atoms with van der Waals surface area (Å²) < 4.78 is 5.63. The highest BCUT2D eigenvalue weighted by molar-refractivity contribution is 5.33. The molecule has 2 heterocycles. The Labute approximate surface area is 103 Å². The van der Waals surface area contributed by atoms with Gasteiger partial charge >= 0.3 is 0 Å². The molecule has 2 saturated heterocycles. The lowest BCUT2D eigenvalue weighted by Crippen LogP contribution is -2.60. The summed E-state index contributed by atoms with van der Waals surface area (Å²) in [5, 5.41) is 12.6. The van der Waals surface area contributed by atoms with E-state index in [1.54, 1.807) is 0 Å². The Morgan fingerprint density at radius 1 is 1.41 bits per heavy atom. The first-order valence-electron chi connectivity index (χ1n) is 6.72. The maximum atomic E-state index is 9.13. The Balaban J connectivity index is 1.73. The lowest BCUT2D eigenvalue weighted by Gasteiger charge is -2.48. The Morgan fingerprint density at radius 3 is 2.82 bits per heavy atom. The number of hydrogen-bond acceptors (Lipinski definition) is 3. The van der Waals surface area contributed by atoms with Gasteiger partial charge in [0.15, 0.2) is 0 Å². The largest absolute Gasteiger partial charge is 0.514 e. The van der Waals surface area contributed by atoms with Gasteiger partial charge in [-0.1, -0.05) is 38.7 Å². The molecule has 3 rings (SSSR count). The van der Waals surface area contributed by atoms with Crippen molar-refractivity contribution in [2.75, 3.05) is 0 Å². The van der Waals surface area contributed by atoms with Crippen LogP contribution in [0.2, 0.25) is 0 Å². The van der Waals surface area contributed by atoms with E-state index in [0.29, 0.717) is 0 Å². The molecule has 0 aromatic carbocycles. The molecular weight excluding hydrogens is 214 g/mol. The number of ether oxygens (including phenoxy) is 1. The molecule has 3 heteroatoms. The van der Waals surface area contributed by atoms with Crippen molar-refractivity contribution in [2.24, 2.45) is 5.92 Å². The molecule has 2 aliphatic heterocycles. The third-order valence-corrected chi connectivity index (χ3v) is 4.61. The number of hydrogen-bond donors (Lipinski definition) is 2. The highest BCUT2D eigenvalue weighted by atomic mass is 16.5. The first kappa shape index (κ1) is 11.0. The normalized spacial score (nSPS) is 39.4. The van der Waals surface area contributed by atoms with E-state index in [2.05, 4.69) is 11.9 Å². The molecular formula is C14H21NO2. The lowest BCUT2D eigenvalue weighted by atomic mass is 9.74. The highest BCUT2D eigenvalue weighted by Gasteiger charge is 2.58. The van der Waals surface area contributed by atoms with E-state index >= 15 is 0 Å². The maximum Gasteiger partial charge on any atom is 0.134 e. The van der Waals surface area contributed by atoms with Gasteiger partial charge in [-0.2, -0.15) is 0 Å². The van der Waals surface area contributed by atoms with E-state index < -0.39 is 0 Å². The van der Waals surface area contributed by atoms with Crippen LogP contribution >= 0.6 is 0 Å². The van der Waals surface area contributed by atoms with Crippen molar-refractivity contribution in [2.45, 2.75) is 56.6 Å². The zero-order valence-electron chi connectivity index (χ0n) is 10.2. The van der Waals surface area contributed by atoms with Gasteiger partial charge in [0, 0.05) is 6.42 Å². The molecule has 94 valence electrons. The minimum atomic E-state index is -0.0728. The summed E-state index contributed by atoms with van der Waals surface area (Å²) in [6, 6.07) is 0. The van der Waals surface area contributed by atoms with Crippen LogP contribution in [0.15, 0.2) is 24.3 Å². The van der Waals surface area contributed by atoms with Gasteiger partial charge in [-0.05, 0) is 12.3 Å². The van der Waals surface area contributed by atoms with E-state index in [9.17, 15) is 0 Å². The Morgan fingerprint density at radius 2 is 2.18 bits per heavy atom. The molecule has 0 bridgehead atoms. The average Bonchev–Trinajstić information content (AvgIpc) is 2.64. The zero-order valence-corrected chi connectivity index (χ0v) is 10.2. The van der Waals surface area contributed by atoms with Crippen molar-refractivity contribution in [1.82, 2.24) is 5.32 Å². The molecule has 2 atom stereocenters. The molecule has 2 N–H and O–H groups in total. The van der Waals surface area contributed by atoms with Crippen LogP contribution in [0.5, 0.6) is 0 Å². The molecule has 3 nitrogen and oxygen atoms in total. The minimum absolute atomic E-state index is 0.0728.